The summed E-state index contributed by atoms with van der Waals surface area (Å²) in [5, 5.41) is 0. The van der Waals surface area contributed by atoms with E-state index in [9.17, 15) is 19.0 Å². The van der Waals surface area contributed by atoms with Crippen LogP contribution in [-0.2, 0) is 32.7 Å². The number of phosphoric ester groups is 1. The van der Waals surface area contributed by atoms with Gasteiger partial charge in [-0.25, -0.2) is 4.57 Å². The normalized spacial score (nSPS) is 14.1. The Labute approximate surface area is 329 Å². The Bertz CT molecular complexity index is 1110. The summed E-state index contributed by atoms with van der Waals surface area (Å²) < 4.78 is 32.6. The first kappa shape index (κ1) is 51.5. The molecule has 0 spiro atoms. The highest BCUT2D eigenvalue weighted by atomic mass is 31.2. The number of rotatable bonds is 38. The second-order valence-electron chi connectivity index (χ2n) is 13.5. The number of hydrogen-bond donors (Lipinski definition) is 2. The second-order valence-corrected chi connectivity index (χ2v) is 14.9. The number of ether oxygens (including phenoxy) is 2. The van der Waals surface area contributed by atoms with Gasteiger partial charge in [0.25, 0.3) is 0 Å². The lowest BCUT2D eigenvalue weighted by Gasteiger charge is -2.19. The van der Waals surface area contributed by atoms with Crippen molar-refractivity contribution in [3.8, 4) is 0 Å². The van der Waals surface area contributed by atoms with Gasteiger partial charge in [0, 0.05) is 19.4 Å². The van der Waals surface area contributed by atoms with E-state index in [2.05, 4.69) is 74.6 Å². The van der Waals surface area contributed by atoms with Crippen molar-refractivity contribution in [3.63, 3.8) is 0 Å². The number of phosphoric acid groups is 1. The molecule has 9 nitrogen and oxygen atoms in total. The maximum atomic E-state index is 12.5. The van der Waals surface area contributed by atoms with Crippen LogP contribution in [-0.4, -0.2) is 49.3 Å². The van der Waals surface area contributed by atoms with E-state index in [1.54, 1.807) is 0 Å². The smallest absolute Gasteiger partial charge is 0.462 e. The van der Waals surface area contributed by atoms with E-state index in [0.29, 0.717) is 12.8 Å². The molecule has 0 bridgehead atoms. The number of nitrogens with two attached hydrogens (primary N) is 1. The highest BCUT2D eigenvalue weighted by molar-refractivity contribution is 7.47. The zero-order valence-corrected chi connectivity index (χ0v) is 34.8. The molecule has 10 heteroatoms. The molecule has 0 saturated carbocycles. The molecule has 0 saturated heterocycles. The number of hydrogen-bond acceptors (Lipinski definition) is 8. The second kappa shape index (κ2) is 40.1. The van der Waals surface area contributed by atoms with Gasteiger partial charge in [0.1, 0.15) is 6.61 Å². The minimum Gasteiger partial charge on any atom is -0.462 e. The molecular formula is C44H76NO8P. The summed E-state index contributed by atoms with van der Waals surface area (Å²) in [7, 11) is -4.40. The van der Waals surface area contributed by atoms with E-state index >= 15 is 0 Å². The molecule has 0 aromatic rings. The van der Waals surface area contributed by atoms with Crippen LogP contribution in [0.1, 0.15) is 162 Å². The van der Waals surface area contributed by atoms with Crippen molar-refractivity contribution in [3.05, 3.63) is 72.9 Å². The van der Waals surface area contributed by atoms with Crippen molar-refractivity contribution in [2.24, 2.45) is 5.73 Å². The maximum Gasteiger partial charge on any atom is 0.472 e. The van der Waals surface area contributed by atoms with Gasteiger partial charge in [-0.1, -0.05) is 145 Å². The van der Waals surface area contributed by atoms with Gasteiger partial charge in [0.15, 0.2) is 6.10 Å². The molecular weight excluding hydrogens is 701 g/mol. The third kappa shape index (κ3) is 39.2. The molecule has 0 aromatic heterocycles. The molecule has 0 amide bonds. The molecule has 0 aliphatic carbocycles. The van der Waals surface area contributed by atoms with E-state index in [-0.39, 0.29) is 32.6 Å². The van der Waals surface area contributed by atoms with Crippen LogP contribution in [0.2, 0.25) is 0 Å². The Morgan fingerprint density at radius 1 is 0.556 bits per heavy atom. The summed E-state index contributed by atoms with van der Waals surface area (Å²) in [5.41, 5.74) is 5.33. The number of allylic oxidation sites excluding steroid dienone is 12. The largest absolute Gasteiger partial charge is 0.472 e. The van der Waals surface area contributed by atoms with E-state index in [1.165, 1.54) is 64.2 Å². The first-order valence-corrected chi connectivity index (χ1v) is 22.4. The predicted octanol–water partition coefficient (Wildman–Crippen LogP) is 11.9. The maximum absolute atomic E-state index is 12.5. The minimum absolute atomic E-state index is 0.0379. The van der Waals surface area contributed by atoms with Gasteiger partial charge in [-0.2, -0.15) is 0 Å². The fraction of sp³-hybridized carbons (Fsp3) is 0.682. The van der Waals surface area contributed by atoms with Crippen LogP contribution in [0, 0.1) is 0 Å². The van der Waals surface area contributed by atoms with Crippen LogP contribution in [0.3, 0.4) is 0 Å². The van der Waals surface area contributed by atoms with Gasteiger partial charge in [-0.3, -0.25) is 18.6 Å². The fourth-order valence-corrected chi connectivity index (χ4v) is 5.96. The van der Waals surface area contributed by atoms with Gasteiger partial charge < -0.3 is 20.1 Å². The number of unbranched alkanes of at least 4 members (excludes halogenated alkanes) is 13. The number of carbonyl (C=O) groups is 2. The Balaban J connectivity index is 4.34. The molecule has 0 heterocycles. The molecule has 1 unspecified atom stereocenters. The average Bonchev–Trinajstić information content (AvgIpc) is 3.16. The Hall–Kier alpha value is -2.55. The van der Waals surface area contributed by atoms with Crippen molar-refractivity contribution in [1.82, 2.24) is 0 Å². The van der Waals surface area contributed by atoms with Crippen LogP contribution in [0.5, 0.6) is 0 Å². The monoisotopic (exact) mass is 778 g/mol. The van der Waals surface area contributed by atoms with Crippen LogP contribution in [0.4, 0.5) is 0 Å². The van der Waals surface area contributed by atoms with Crippen molar-refractivity contribution in [2.45, 2.75) is 168 Å². The quantitative estimate of drug-likeness (QED) is 0.0272. The summed E-state index contributed by atoms with van der Waals surface area (Å²) in [6.07, 6.45) is 48.0. The topological polar surface area (TPSA) is 134 Å². The van der Waals surface area contributed by atoms with Crippen molar-refractivity contribution in [1.29, 1.82) is 0 Å². The summed E-state index contributed by atoms with van der Waals surface area (Å²) in [6.45, 7) is 3.58. The van der Waals surface area contributed by atoms with Crippen molar-refractivity contribution < 1.29 is 37.6 Å². The summed E-state index contributed by atoms with van der Waals surface area (Å²) in [4.78, 5) is 34.8. The van der Waals surface area contributed by atoms with E-state index in [1.807, 2.05) is 12.2 Å². The highest BCUT2D eigenvalue weighted by Crippen LogP contribution is 2.43. The lowest BCUT2D eigenvalue weighted by atomic mass is 10.1. The standard InChI is InChI=1S/C44H76NO8P/c1-3-5-7-9-11-13-15-17-19-20-21-22-23-25-27-29-31-33-35-37-44(47)53-42(41-52-54(48,49)51-39-38-45)40-50-43(46)36-34-32-30-28-26-24-18-16-14-12-10-8-6-4-2/h11,13,16-19,21-22,25,27,31,33,42H,3-10,12,14-15,20,23-24,26,28-30,32,34-41,45H2,1-2H3,(H,48,49)/b13-11+,18-16+,19-17+,22-21+,27-25+,33-31+/t42-/m1/s1. The van der Waals surface area contributed by atoms with Gasteiger partial charge in [0.05, 0.1) is 13.2 Å². The molecule has 0 aliphatic heterocycles. The lowest BCUT2D eigenvalue weighted by molar-refractivity contribution is -0.161. The van der Waals surface area contributed by atoms with Crippen molar-refractivity contribution >= 4 is 19.8 Å². The average molecular weight is 778 g/mol. The summed E-state index contributed by atoms with van der Waals surface area (Å²) >= 11 is 0. The zero-order valence-electron chi connectivity index (χ0n) is 33.9. The third-order valence-electron chi connectivity index (χ3n) is 8.33. The SMILES string of the molecule is CCCCC/C=C/C/C=C/C/C=C/C/C=C/C/C=C/CCC(=O)O[C@H](COC(=O)CCCCCCC/C=C/CCCCCCC)COP(=O)(O)OCCN. The molecule has 0 fully saturated rings. The highest BCUT2D eigenvalue weighted by Gasteiger charge is 2.25. The molecule has 310 valence electrons. The van der Waals surface area contributed by atoms with Crippen LogP contribution >= 0.6 is 7.82 Å². The Morgan fingerprint density at radius 2 is 1.00 bits per heavy atom. The summed E-state index contributed by atoms with van der Waals surface area (Å²) in [6, 6.07) is 0. The van der Waals surface area contributed by atoms with Gasteiger partial charge >= 0.3 is 19.8 Å². The van der Waals surface area contributed by atoms with Gasteiger partial charge in [0.2, 0.25) is 0 Å². The minimum atomic E-state index is -4.40. The van der Waals surface area contributed by atoms with Gasteiger partial charge in [-0.05, 0) is 77.0 Å². The molecule has 3 N–H and O–H groups in total. The zero-order chi connectivity index (χ0) is 39.6. The van der Waals surface area contributed by atoms with E-state index in [4.69, 9.17) is 24.3 Å². The molecule has 0 radical (unpaired) electrons. The molecule has 54 heavy (non-hydrogen) atoms. The third-order valence-corrected chi connectivity index (χ3v) is 9.31. The van der Waals surface area contributed by atoms with Crippen LogP contribution in [0.25, 0.3) is 0 Å². The van der Waals surface area contributed by atoms with Crippen molar-refractivity contribution in [2.75, 3.05) is 26.4 Å². The fourth-order valence-electron chi connectivity index (χ4n) is 5.20. The Morgan fingerprint density at radius 3 is 1.56 bits per heavy atom. The molecule has 0 aliphatic rings. The lowest BCUT2D eigenvalue weighted by Crippen LogP contribution is -2.29. The first-order valence-electron chi connectivity index (χ1n) is 20.9. The summed E-state index contributed by atoms with van der Waals surface area (Å²) in [5.74, 6) is -0.941. The van der Waals surface area contributed by atoms with Crippen LogP contribution < -0.4 is 5.73 Å². The van der Waals surface area contributed by atoms with E-state index < -0.39 is 32.5 Å². The predicted molar refractivity (Wildman–Crippen MR) is 224 cm³/mol. The molecule has 2 atom stereocenters. The van der Waals surface area contributed by atoms with E-state index in [0.717, 1.165) is 57.8 Å². The van der Waals surface area contributed by atoms with Gasteiger partial charge in [-0.15, -0.1) is 0 Å². The Kier molecular flexibility index (Phi) is 38.2. The first-order chi connectivity index (χ1) is 26.3. The van der Waals surface area contributed by atoms with Crippen LogP contribution in [0.15, 0.2) is 72.9 Å². The molecule has 0 aromatic carbocycles. The number of carbonyl (C=O) groups excluding carboxylic acids is 2. The molecule has 0 rings (SSSR count). The number of esters is 2.